The second-order valence-electron chi connectivity index (χ2n) is 5.76. The van der Waals surface area contributed by atoms with Crippen LogP contribution in [0.15, 0.2) is 24.3 Å². The summed E-state index contributed by atoms with van der Waals surface area (Å²) >= 11 is 0. The smallest absolute Gasteiger partial charge is 0.119 e. The highest BCUT2D eigenvalue weighted by Crippen LogP contribution is 2.40. The summed E-state index contributed by atoms with van der Waals surface area (Å²) in [7, 11) is 1.75. The van der Waals surface area contributed by atoms with E-state index in [1.54, 1.807) is 7.11 Å². The van der Waals surface area contributed by atoms with Gasteiger partial charge < -0.3 is 10.1 Å². The van der Waals surface area contributed by atoms with Crippen molar-refractivity contribution >= 4 is 0 Å². The van der Waals surface area contributed by atoms with Crippen LogP contribution in [0.3, 0.4) is 0 Å². The molecule has 3 nitrogen and oxygen atoms in total. The molecule has 0 amide bonds. The molecule has 3 heteroatoms. The third kappa shape index (κ3) is 3.28. The summed E-state index contributed by atoms with van der Waals surface area (Å²) in [6.07, 6.45) is 4.16. The summed E-state index contributed by atoms with van der Waals surface area (Å²) in [5.74, 6) is 1.93. The Morgan fingerprint density at radius 2 is 2.11 bits per heavy atom. The lowest BCUT2D eigenvalue weighted by molar-refractivity contribution is 0.160. The lowest BCUT2D eigenvalue weighted by atomic mass is 9.98. The molecule has 1 saturated heterocycles. The van der Waals surface area contributed by atoms with Gasteiger partial charge in [-0.15, -0.1) is 0 Å². The molecule has 1 aliphatic carbocycles. The molecule has 1 heterocycles. The lowest BCUT2D eigenvalue weighted by Crippen LogP contribution is -2.45. The van der Waals surface area contributed by atoms with Crippen molar-refractivity contribution in [1.82, 2.24) is 10.2 Å². The van der Waals surface area contributed by atoms with E-state index in [4.69, 9.17) is 4.74 Å². The predicted molar refractivity (Wildman–Crippen MR) is 77.5 cm³/mol. The monoisotopic (exact) mass is 260 g/mol. The number of piperazine rings is 1. The van der Waals surface area contributed by atoms with E-state index in [0.29, 0.717) is 6.04 Å². The minimum Gasteiger partial charge on any atom is -0.497 e. The number of methoxy groups -OCH3 is 1. The van der Waals surface area contributed by atoms with Crippen LogP contribution in [-0.2, 0) is 0 Å². The van der Waals surface area contributed by atoms with Gasteiger partial charge in [0.05, 0.1) is 7.11 Å². The maximum absolute atomic E-state index is 5.38. The van der Waals surface area contributed by atoms with Gasteiger partial charge in [-0.05, 0) is 30.0 Å². The molecule has 1 aromatic carbocycles. The average Bonchev–Trinajstić information content (AvgIpc) is 3.30. The van der Waals surface area contributed by atoms with Crippen molar-refractivity contribution in [2.75, 3.05) is 33.3 Å². The SMILES string of the molecule is COc1cccc([C@@H](CC2CC2)N2CCNCC2)c1. The molecule has 0 spiro atoms. The van der Waals surface area contributed by atoms with Crippen LogP contribution < -0.4 is 10.1 Å². The zero-order valence-corrected chi connectivity index (χ0v) is 11.8. The van der Waals surface area contributed by atoms with Crippen molar-refractivity contribution in [1.29, 1.82) is 0 Å². The molecule has 0 radical (unpaired) electrons. The highest BCUT2D eigenvalue weighted by atomic mass is 16.5. The molecule has 2 fully saturated rings. The molecule has 1 aromatic rings. The van der Waals surface area contributed by atoms with E-state index in [1.807, 2.05) is 6.07 Å². The fraction of sp³-hybridized carbons (Fsp3) is 0.625. The van der Waals surface area contributed by atoms with Gasteiger partial charge >= 0.3 is 0 Å². The fourth-order valence-electron chi connectivity index (χ4n) is 3.01. The van der Waals surface area contributed by atoms with Crippen LogP contribution in [0.2, 0.25) is 0 Å². The maximum Gasteiger partial charge on any atom is 0.119 e. The van der Waals surface area contributed by atoms with E-state index in [-0.39, 0.29) is 0 Å². The van der Waals surface area contributed by atoms with Crippen LogP contribution in [0, 0.1) is 5.92 Å². The van der Waals surface area contributed by atoms with E-state index < -0.39 is 0 Å². The Kier molecular flexibility index (Phi) is 4.04. The normalized spacial score (nSPS) is 22.2. The molecule has 19 heavy (non-hydrogen) atoms. The Morgan fingerprint density at radius 3 is 2.79 bits per heavy atom. The molecule has 0 aromatic heterocycles. The van der Waals surface area contributed by atoms with Gasteiger partial charge in [-0.3, -0.25) is 4.90 Å². The third-order valence-electron chi connectivity index (χ3n) is 4.32. The number of benzene rings is 1. The topological polar surface area (TPSA) is 24.5 Å². The van der Waals surface area contributed by atoms with Gasteiger partial charge in [-0.1, -0.05) is 25.0 Å². The standard InChI is InChI=1S/C16H24N2O/c1-19-15-4-2-3-14(12-15)16(11-13-5-6-13)18-9-7-17-8-10-18/h2-4,12-13,16-17H,5-11H2,1H3/t16-/m1/s1. The van der Waals surface area contributed by atoms with E-state index in [9.17, 15) is 0 Å². The lowest BCUT2D eigenvalue weighted by Gasteiger charge is -2.35. The summed E-state index contributed by atoms with van der Waals surface area (Å²) in [5.41, 5.74) is 1.42. The number of hydrogen-bond acceptors (Lipinski definition) is 3. The molecule has 1 N–H and O–H groups in total. The first-order valence-electron chi connectivity index (χ1n) is 7.45. The number of hydrogen-bond donors (Lipinski definition) is 1. The highest BCUT2D eigenvalue weighted by Gasteiger charge is 2.30. The van der Waals surface area contributed by atoms with Crippen molar-refractivity contribution in [3.8, 4) is 5.75 Å². The van der Waals surface area contributed by atoms with Crippen LogP contribution in [0.25, 0.3) is 0 Å². The number of nitrogens with zero attached hydrogens (tertiary/aromatic N) is 1. The number of rotatable bonds is 5. The first kappa shape index (κ1) is 12.9. The summed E-state index contributed by atoms with van der Waals surface area (Å²) in [6, 6.07) is 9.21. The summed E-state index contributed by atoms with van der Waals surface area (Å²) in [5, 5.41) is 3.45. The van der Waals surface area contributed by atoms with Gasteiger partial charge in [0.1, 0.15) is 5.75 Å². The van der Waals surface area contributed by atoms with E-state index in [1.165, 1.54) is 24.8 Å². The van der Waals surface area contributed by atoms with Crippen LogP contribution >= 0.6 is 0 Å². The Labute approximate surface area is 115 Å². The fourth-order valence-corrected chi connectivity index (χ4v) is 3.01. The minimum atomic E-state index is 0.574. The first-order valence-corrected chi connectivity index (χ1v) is 7.45. The van der Waals surface area contributed by atoms with Crippen LogP contribution in [0.5, 0.6) is 5.75 Å². The Morgan fingerprint density at radius 1 is 1.32 bits per heavy atom. The first-order chi connectivity index (χ1) is 9.36. The molecule has 1 atom stereocenters. The maximum atomic E-state index is 5.38. The number of nitrogens with one attached hydrogen (secondary N) is 1. The predicted octanol–water partition coefficient (Wildman–Crippen LogP) is 2.44. The van der Waals surface area contributed by atoms with E-state index in [0.717, 1.165) is 37.8 Å². The number of ether oxygens (including phenoxy) is 1. The average molecular weight is 260 g/mol. The van der Waals surface area contributed by atoms with Crippen molar-refractivity contribution in [2.24, 2.45) is 5.92 Å². The molecule has 2 aliphatic rings. The minimum absolute atomic E-state index is 0.574. The third-order valence-corrected chi connectivity index (χ3v) is 4.32. The molecular weight excluding hydrogens is 236 g/mol. The molecular formula is C16H24N2O. The molecule has 0 unspecified atom stereocenters. The molecule has 104 valence electrons. The summed E-state index contributed by atoms with van der Waals surface area (Å²) < 4.78 is 5.38. The second-order valence-corrected chi connectivity index (χ2v) is 5.76. The van der Waals surface area contributed by atoms with Gasteiger partial charge in [-0.25, -0.2) is 0 Å². The Hall–Kier alpha value is -1.06. The highest BCUT2D eigenvalue weighted by molar-refractivity contribution is 5.30. The van der Waals surface area contributed by atoms with Crippen molar-refractivity contribution in [2.45, 2.75) is 25.3 Å². The van der Waals surface area contributed by atoms with Gasteiger partial charge in [-0.2, -0.15) is 0 Å². The summed E-state index contributed by atoms with van der Waals surface area (Å²) in [6.45, 7) is 4.56. The van der Waals surface area contributed by atoms with E-state index >= 15 is 0 Å². The Bertz CT molecular complexity index is 411. The zero-order chi connectivity index (χ0) is 13.1. The van der Waals surface area contributed by atoms with Gasteiger partial charge in [0, 0.05) is 32.2 Å². The van der Waals surface area contributed by atoms with Crippen LogP contribution in [0.4, 0.5) is 0 Å². The van der Waals surface area contributed by atoms with Gasteiger partial charge in [0.2, 0.25) is 0 Å². The zero-order valence-electron chi connectivity index (χ0n) is 11.8. The van der Waals surface area contributed by atoms with Gasteiger partial charge in [0.25, 0.3) is 0 Å². The van der Waals surface area contributed by atoms with Crippen molar-refractivity contribution in [3.05, 3.63) is 29.8 Å². The molecule has 0 bridgehead atoms. The largest absolute Gasteiger partial charge is 0.497 e. The Balaban J connectivity index is 1.79. The van der Waals surface area contributed by atoms with Crippen molar-refractivity contribution < 1.29 is 4.74 Å². The van der Waals surface area contributed by atoms with Gasteiger partial charge in [0.15, 0.2) is 0 Å². The molecule has 3 rings (SSSR count). The second kappa shape index (κ2) is 5.93. The summed E-state index contributed by atoms with van der Waals surface area (Å²) in [4.78, 5) is 2.64. The van der Waals surface area contributed by atoms with Crippen LogP contribution in [-0.4, -0.2) is 38.2 Å². The van der Waals surface area contributed by atoms with E-state index in [2.05, 4.69) is 28.4 Å². The van der Waals surface area contributed by atoms with Crippen molar-refractivity contribution in [3.63, 3.8) is 0 Å². The van der Waals surface area contributed by atoms with Crippen LogP contribution in [0.1, 0.15) is 30.9 Å². The quantitative estimate of drug-likeness (QED) is 0.880. The molecule has 1 aliphatic heterocycles. The molecule has 1 saturated carbocycles.